The minimum absolute atomic E-state index is 0.340. The molecule has 1 heterocycles. The van der Waals surface area contributed by atoms with Gasteiger partial charge in [0.05, 0.1) is 20.8 Å². The van der Waals surface area contributed by atoms with E-state index in [9.17, 15) is 4.39 Å². The molecule has 0 unspecified atom stereocenters. The fourth-order valence-electron chi connectivity index (χ4n) is 2.75. The molecule has 30 heavy (non-hydrogen) atoms. The molecule has 7 nitrogen and oxygen atoms in total. The van der Waals surface area contributed by atoms with Crippen molar-refractivity contribution in [2.75, 3.05) is 26.1 Å². The van der Waals surface area contributed by atoms with Crippen molar-refractivity contribution >= 4 is 34.9 Å². The Balaban J connectivity index is 1.48. The molecule has 0 amide bonds. The van der Waals surface area contributed by atoms with Crippen LogP contribution in [-0.2, 0) is 13.0 Å². The first-order valence-electron chi connectivity index (χ1n) is 9.07. The SMILES string of the molecule is COc1ccc(CCNC(=S)Nc2ncn(Cc3ccc(F)cc3Cl)n2)cc1OC. The van der Waals surface area contributed by atoms with Gasteiger partial charge in [-0.15, -0.1) is 5.10 Å². The Bertz CT molecular complexity index is 1030. The largest absolute Gasteiger partial charge is 0.493 e. The quantitative estimate of drug-likeness (QED) is 0.508. The van der Waals surface area contributed by atoms with E-state index in [1.807, 2.05) is 18.2 Å². The lowest BCUT2D eigenvalue weighted by Gasteiger charge is -2.11. The maximum Gasteiger partial charge on any atom is 0.248 e. The van der Waals surface area contributed by atoms with Crippen LogP contribution in [0.5, 0.6) is 11.5 Å². The van der Waals surface area contributed by atoms with Crippen LogP contribution >= 0.6 is 23.8 Å². The van der Waals surface area contributed by atoms with Crippen molar-refractivity contribution in [3.63, 3.8) is 0 Å². The first-order valence-corrected chi connectivity index (χ1v) is 9.86. The number of halogens is 2. The summed E-state index contributed by atoms with van der Waals surface area (Å²) >= 11 is 11.3. The number of anilines is 1. The van der Waals surface area contributed by atoms with Gasteiger partial charge >= 0.3 is 0 Å². The highest BCUT2D eigenvalue weighted by Gasteiger charge is 2.08. The van der Waals surface area contributed by atoms with Gasteiger partial charge in [0.1, 0.15) is 12.1 Å². The average molecular weight is 450 g/mol. The third kappa shape index (κ3) is 5.80. The Kier molecular flexibility index (Phi) is 7.42. The fraction of sp³-hybridized carbons (Fsp3) is 0.250. The van der Waals surface area contributed by atoms with Crippen molar-refractivity contribution in [3.8, 4) is 11.5 Å². The molecule has 0 bridgehead atoms. The molecule has 0 aliphatic rings. The summed E-state index contributed by atoms with van der Waals surface area (Å²) in [5.74, 6) is 1.35. The number of methoxy groups -OCH3 is 2. The first kappa shape index (κ1) is 21.8. The van der Waals surface area contributed by atoms with Crippen LogP contribution in [0.2, 0.25) is 5.02 Å². The van der Waals surface area contributed by atoms with E-state index < -0.39 is 0 Å². The van der Waals surface area contributed by atoms with Crippen molar-refractivity contribution in [2.45, 2.75) is 13.0 Å². The van der Waals surface area contributed by atoms with E-state index in [1.165, 1.54) is 12.1 Å². The Labute approximate surface area is 184 Å². The minimum Gasteiger partial charge on any atom is -0.493 e. The van der Waals surface area contributed by atoms with Crippen molar-refractivity contribution in [1.29, 1.82) is 0 Å². The minimum atomic E-state index is -0.380. The summed E-state index contributed by atoms with van der Waals surface area (Å²) < 4.78 is 25.3. The summed E-state index contributed by atoms with van der Waals surface area (Å²) in [4.78, 5) is 4.17. The predicted molar refractivity (Wildman–Crippen MR) is 118 cm³/mol. The first-order chi connectivity index (χ1) is 14.5. The van der Waals surface area contributed by atoms with Gasteiger partial charge in [0.2, 0.25) is 5.95 Å². The van der Waals surface area contributed by atoms with Crippen LogP contribution in [0.4, 0.5) is 10.3 Å². The summed E-state index contributed by atoms with van der Waals surface area (Å²) in [6.45, 7) is 0.987. The van der Waals surface area contributed by atoms with Crippen LogP contribution in [0, 0.1) is 5.82 Å². The molecule has 0 fully saturated rings. The number of aromatic nitrogens is 3. The summed E-state index contributed by atoms with van der Waals surface area (Å²) in [6, 6.07) is 10.0. The third-order valence-electron chi connectivity index (χ3n) is 4.26. The van der Waals surface area contributed by atoms with Gasteiger partial charge in [-0.1, -0.05) is 23.7 Å². The van der Waals surface area contributed by atoms with Crippen molar-refractivity contribution < 1.29 is 13.9 Å². The van der Waals surface area contributed by atoms with E-state index in [0.717, 1.165) is 17.5 Å². The second-order valence-corrected chi connectivity index (χ2v) is 7.14. The molecule has 2 aromatic carbocycles. The molecule has 3 rings (SSSR count). The number of benzene rings is 2. The highest BCUT2D eigenvalue weighted by Crippen LogP contribution is 2.27. The van der Waals surface area contributed by atoms with E-state index in [2.05, 4.69) is 20.7 Å². The van der Waals surface area contributed by atoms with E-state index in [-0.39, 0.29) is 5.82 Å². The summed E-state index contributed by atoms with van der Waals surface area (Å²) in [5, 5.41) is 11.1. The number of nitrogens with zero attached hydrogens (tertiary/aromatic N) is 3. The Morgan fingerprint density at radius 2 is 1.97 bits per heavy atom. The van der Waals surface area contributed by atoms with Crippen LogP contribution in [0.15, 0.2) is 42.7 Å². The van der Waals surface area contributed by atoms with E-state index in [0.29, 0.717) is 40.7 Å². The van der Waals surface area contributed by atoms with Gasteiger partial charge in [-0.3, -0.25) is 5.32 Å². The predicted octanol–water partition coefficient (Wildman–Crippen LogP) is 3.67. The molecule has 10 heteroatoms. The normalized spacial score (nSPS) is 10.5. The zero-order valence-electron chi connectivity index (χ0n) is 16.5. The fourth-order valence-corrected chi connectivity index (χ4v) is 3.18. The smallest absolute Gasteiger partial charge is 0.248 e. The number of hydrogen-bond acceptors (Lipinski definition) is 5. The number of hydrogen-bond donors (Lipinski definition) is 2. The van der Waals surface area contributed by atoms with Crippen LogP contribution in [0.3, 0.4) is 0 Å². The molecule has 0 aliphatic heterocycles. The molecule has 2 N–H and O–H groups in total. The molecule has 0 atom stereocenters. The number of thiocarbonyl (C=S) groups is 1. The van der Waals surface area contributed by atoms with Crippen molar-refractivity contribution in [1.82, 2.24) is 20.1 Å². The lowest BCUT2D eigenvalue weighted by molar-refractivity contribution is 0.354. The lowest BCUT2D eigenvalue weighted by atomic mass is 10.1. The van der Waals surface area contributed by atoms with Gasteiger partial charge in [0.15, 0.2) is 16.6 Å². The van der Waals surface area contributed by atoms with Crippen LogP contribution in [0.25, 0.3) is 0 Å². The molecule has 158 valence electrons. The molecular weight excluding hydrogens is 429 g/mol. The van der Waals surface area contributed by atoms with Gasteiger partial charge < -0.3 is 14.8 Å². The van der Waals surface area contributed by atoms with Gasteiger partial charge in [-0.2, -0.15) is 0 Å². The standard InChI is InChI=1S/C20H21ClFN5O2S/c1-28-17-6-3-13(9-18(17)29-2)7-8-23-20(30)25-19-24-12-27(26-19)11-14-4-5-15(22)10-16(14)21/h3-6,9-10,12H,7-8,11H2,1-2H3,(H2,23,25,26,30). The zero-order chi connectivity index (χ0) is 21.5. The molecule has 0 aliphatic carbocycles. The molecule has 1 aromatic heterocycles. The molecule has 0 spiro atoms. The van der Waals surface area contributed by atoms with Gasteiger partial charge in [0, 0.05) is 11.6 Å². The number of rotatable bonds is 8. The Hall–Kier alpha value is -2.91. The molecule has 0 saturated carbocycles. The van der Waals surface area contributed by atoms with Crippen molar-refractivity contribution in [3.05, 3.63) is 64.7 Å². The molecular formula is C20H21ClFN5O2S. The summed E-state index contributed by atoms with van der Waals surface area (Å²) in [5.41, 5.74) is 1.83. The second kappa shape index (κ2) is 10.2. The summed E-state index contributed by atoms with van der Waals surface area (Å²) in [6.07, 6.45) is 2.29. The maximum absolute atomic E-state index is 13.2. The monoisotopic (exact) mass is 449 g/mol. The van der Waals surface area contributed by atoms with E-state index in [4.69, 9.17) is 33.3 Å². The molecule has 0 radical (unpaired) electrons. The van der Waals surface area contributed by atoms with Crippen LogP contribution in [-0.4, -0.2) is 40.6 Å². The van der Waals surface area contributed by atoms with Gasteiger partial charge in [0.25, 0.3) is 0 Å². The Morgan fingerprint density at radius 1 is 1.17 bits per heavy atom. The molecule has 0 saturated heterocycles. The van der Waals surface area contributed by atoms with Gasteiger partial charge in [-0.25, -0.2) is 14.1 Å². The summed E-state index contributed by atoms with van der Waals surface area (Å²) in [7, 11) is 3.21. The van der Waals surface area contributed by atoms with Crippen molar-refractivity contribution in [2.24, 2.45) is 0 Å². The zero-order valence-corrected chi connectivity index (χ0v) is 18.1. The van der Waals surface area contributed by atoms with E-state index >= 15 is 0 Å². The second-order valence-electron chi connectivity index (χ2n) is 6.32. The van der Waals surface area contributed by atoms with Gasteiger partial charge in [-0.05, 0) is 54.0 Å². The average Bonchev–Trinajstić information content (AvgIpc) is 3.16. The van der Waals surface area contributed by atoms with Crippen LogP contribution in [0.1, 0.15) is 11.1 Å². The maximum atomic E-state index is 13.2. The third-order valence-corrected chi connectivity index (χ3v) is 4.85. The lowest BCUT2D eigenvalue weighted by Crippen LogP contribution is -2.30. The number of nitrogens with one attached hydrogen (secondary N) is 2. The van der Waals surface area contributed by atoms with E-state index in [1.54, 1.807) is 31.3 Å². The highest BCUT2D eigenvalue weighted by molar-refractivity contribution is 7.80. The van der Waals surface area contributed by atoms with Crippen LogP contribution < -0.4 is 20.1 Å². The topological polar surface area (TPSA) is 73.2 Å². The highest BCUT2D eigenvalue weighted by atomic mass is 35.5. The Morgan fingerprint density at radius 3 is 2.70 bits per heavy atom. The number of ether oxygens (including phenoxy) is 2. The molecule has 3 aromatic rings.